The first kappa shape index (κ1) is 19.8. The SMILES string of the molecule is Cc1nc([C@@H]2C[C@H](NC(=O)CC(C)C)CN2C(=O)CC2CCCCC2)n[nH]1. The first-order valence-corrected chi connectivity index (χ1v) is 10.4. The number of hydrogen-bond donors (Lipinski definition) is 2. The molecule has 7 nitrogen and oxygen atoms in total. The first-order valence-electron chi connectivity index (χ1n) is 10.4. The van der Waals surface area contributed by atoms with E-state index in [1.807, 2.05) is 25.7 Å². The Morgan fingerprint density at radius 2 is 2.00 bits per heavy atom. The highest BCUT2D eigenvalue weighted by atomic mass is 16.2. The van der Waals surface area contributed by atoms with Crippen molar-refractivity contribution in [1.82, 2.24) is 25.4 Å². The molecule has 1 aliphatic heterocycles. The van der Waals surface area contributed by atoms with E-state index >= 15 is 0 Å². The zero-order chi connectivity index (χ0) is 19.4. The largest absolute Gasteiger partial charge is 0.351 e. The molecule has 1 aliphatic carbocycles. The first-order chi connectivity index (χ1) is 12.9. The summed E-state index contributed by atoms with van der Waals surface area (Å²) in [6, 6.07) is -0.189. The molecule has 2 atom stereocenters. The van der Waals surface area contributed by atoms with Crippen LogP contribution >= 0.6 is 0 Å². The van der Waals surface area contributed by atoms with Gasteiger partial charge in [0, 0.05) is 25.4 Å². The smallest absolute Gasteiger partial charge is 0.223 e. The van der Waals surface area contributed by atoms with E-state index in [0.717, 1.165) is 18.7 Å². The van der Waals surface area contributed by atoms with Gasteiger partial charge in [0.2, 0.25) is 11.8 Å². The Balaban J connectivity index is 1.67. The van der Waals surface area contributed by atoms with Gasteiger partial charge in [-0.1, -0.05) is 33.1 Å². The average molecular weight is 376 g/mol. The lowest BCUT2D eigenvalue weighted by atomic mass is 9.86. The van der Waals surface area contributed by atoms with Crippen LogP contribution in [0, 0.1) is 18.8 Å². The van der Waals surface area contributed by atoms with Gasteiger partial charge in [0.25, 0.3) is 0 Å². The summed E-state index contributed by atoms with van der Waals surface area (Å²) >= 11 is 0. The summed E-state index contributed by atoms with van der Waals surface area (Å²) < 4.78 is 0. The Morgan fingerprint density at radius 1 is 1.26 bits per heavy atom. The van der Waals surface area contributed by atoms with E-state index in [0.29, 0.717) is 43.5 Å². The number of carbonyl (C=O) groups excluding carboxylic acids is 2. The highest BCUT2D eigenvalue weighted by Gasteiger charge is 2.39. The van der Waals surface area contributed by atoms with E-state index in [2.05, 4.69) is 20.5 Å². The van der Waals surface area contributed by atoms with Gasteiger partial charge in [0.15, 0.2) is 5.82 Å². The van der Waals surface area contributed by atoms with E-state index in [9.17, 15) is 9.59 Å². The van der Waals surface area contributed by atoms with Crippen molar-refractivity contribution >= 4 is 11.8 Å². The summed E-state index contributed by atoms with van der Waals surface area (Å²) in [5, 5.41) is 10.3. The minimum absolute atomic E-state index is 0.0321. The predicted molar refractivity (Wildman–Crippen MR) is 103 cm³/mol. The van der Waals surface area contributed by atoms with Gasteiger partial charge in [-0.2, -0.15) is 5.10 Å². The molecule has 2 heterocycles. The fourth-order valence-electron chi connectivity index (χ4n) is 4.38. The molecule has 0 radical (unpaired) electrons. The molecular weight excluding hydrogens is 342 g/mol. The fraction of sp³-hybridized carbons (Fsp3) is 0.800. The summed E-state index contributed by atoms with van der Waals surface area (Å²) in [4.78, 5) is 31.6. The molecule has 0 aromatic carbocycles. The molecule has 1 aromatic rings. The van der Waals surface area contributed by atoms with E-state index in [1.54, 1.807) is 0 Å². The van der Waals surface area contributed by atoms with E-state index in [1.165, 1.54) is 19.3 Å². The average Bonchev–Trinajstić information content (AvgIpc) is 3.21. The maximum atomic E-state index is 13.1. The monoisotopic (exact) mass is 375 g/mol. The van der Waals surface area contributed by atoms with Crippen LogP contribution in [0.5, 0.6) is 0 Å². The van der Waals surface area contributed by atoms with Crippen molar-refractivity contribution in [2.45, 2.75) is 84.2 Å². The second-order valence-electron chi connectivity index (χ2n) is 8.65. The number of H-pyrrole nitrogens is 1. The predicted octanol–water partition coefficient (Wildman–Crippen LogP) is 2.89. The number of aromatic nitrogens is 3. The number of likely N-dealkylation sites (tertiary alicyclic amines) is 1. The number of carbonyl (C=O) groups is 2. The topological polar surface area (TPSA) is 91.0 Å². The molecular formula is C20H33N5O2. The van der Waals surface area contributed by atoms with Crippen molar-refractivity contribution in [3.8, 4) is 0 Å². The van der Waals surface area contributed by atoms with Crippen molar-refractivity contribution in [3.05, 3.63) is 11.6 Å². The molecule has 1 aromatic heterocycles. The molecule has 2 fully saturated rings. The lowest BCUT2D eigenvalue weighted by Crippen LogP contribution is -2.39. The number of aryl methyl sites for hydroxylation is 1. The van der Waals surface area contributed by atoms with Crippen LogP contribution in [0.4, 0.5) is 0 Å². The summed E-state index contributed by atoms with van der Waals surface area (Å²) in [6.45, 7) is 6.48. The molecule has 3 rings (SSSR count). The third kappa shape index (κ3) is 5.30. The zero-order valence-corrected chi connectivity index (χ0v) is 16.8. The normalized spacial score (nSPS) is 23.8. The summed E-state index contributed by atoms with van der Waals surface area (Å²) in [6.07, 6.45) is 7.85. The van der Waals surface area contributed by atoms with Gasteiger partial charge in [0.05, 0.1) is 6.04 Å². The Kier molecular flexibility index (Phi) is 6.50. The molecule has 150 valence electrons. The van der Waals surface area contributed by atoms with Crippen molar-refractivity contribution in [2.75, 3.05) is 6.54 Å². The Hall–Kier alpha value is -1.92. The van der Waals surface area contributed by atoms with Gasteiger partial charge < -0.3 is 10.2 Å². The van der Waals surface area contributed by atoms with E-state index in [4.69, 9.17) is 0 Å². The van der Waals surface area contributed by atoms with Crippen LogP contribution < -0.4 is 5.32 Å². The number of amides is 2. The minimum atomic E-state index is -0.157. The molecule has 7 heteroatoms. The standard InChI is InChI=1S/C20H33N5O2/c1-13(2)9-18(26)22-16-11-17(20-21-14(3)23-24-20)25(12-16)19(27)10-15-7-5-4-6-8-15/h13,15-17H,4-12H2,1-3H3,(H,22,26)(H,21,23,24)/t16-,17-/m0/s1. The zero-order valence-electron chi connectivity index (χ0n) is 16.8. The van der Waals surface area contributed by atoms with Gasteiger partial charge in [0.1, 0.15) is 5.82 Å². The van der Waals surface area contributed by atoms with Crippen LogP contribution in [-0.2, 0) is 9.59 Å². The van der Waals surface area contributed by atoms with Crippen molar-refractivity contribution in [2.24, 2.45) is 11.8 Å². The number of hydrogen-bond acceptors (Lipinski definition) is 4. The maximum absolute atomic E-state index is 13.1. The van der Waals surface area contributed by atoms with Crippen LogP contribution in [0.3, 0.4) is 0 Å². The minimum Gasteiger partial charge on any atom is -0.351 e. The summed E-state index contributed by atoms with van der Waals surface area (Å²) in [5.74, 6) is 2.45. The maximum Gasteiger partial charge on any atom is 0.223 e. The summed E-state index contributed by atoms with van der Waals surface area (Å²) in [5.41, 5.74) is 0. The molecule has 2 N–H and O–H groups in total. The molecule has 1 saturated heterocycles. The highest BCUT2D eigenvalue weighted by molar-refractivity contribution is 5.78. The lowest BCUT2D eigenvalue weighted by molar-refractivity contribution is -0.134. The van der Waals surface area contributed by atoms with E-state index in [-0.39, 0.29) is 23.9 Å². The molecule has 2 aliphatic rings. The Labute approximate surface area is 161 Å². The molecule has 0 unspecified atom stereocenters. The molecule has 2 amide bonds. The summed E-state index contributed by atoms with van der Waals surface area (Å²) in [7, 11) is 0. The second-order valence-corrected chi connectivity index (χ2v) is 8.65. The third-order valence-corrected chi connectivity index (χ3v) is 5.68. The molecule has 0 spiro atoms. The van der Waals surface area contributed by atoms with Gasteiger partial charge in [-0.25, -0.2) is 4.98 Å². The quantitative estimate of drug-likeness (QED) is 0.800. The van der Waals surface area contributed by atoms with E-state index < -0.39 is 0 Å². The number of rotatable bonds is 6. The number of aromatic amines is 1. The van der Waals surface area contributed by atoms with Crippen LogP contribution in [0.15, 0.2) is 0 Å². The van der Waals surface area contributed by atoms with Crippen LogP contribution in [0.25, 0.3) is 0 Å². The van der Waals surface area contributed by atoms with Gasteiger partial charge >= 0.3 is 0 Å². The Morgan fingerprint density at radius 3 is 2.63 bits per heavy atom. The van der Waals surface area contributed by atoms with Crippen molar-refractivity contribution in [3.63, 3.8) is 0 Å². The third-order valence-electron chi connectivity index (χ3n) is 5.68. The van der Waals surface area contributed by atoms with Crippen LogP contribution in [0.1, 0.15) is 82.9 Å². The van der Waals surface area contributed by atoms with Gasteiger partial charge in [-0.05, 0) is 38.0 Å². The molecule has 1 saturated carbocycles. The van der Waals surface area contributed by atoms with Crippen molar-refractivity contribution < 1.29 is 9.59 Å². The van der Waals surface area contributed by atoms with Gasteiger partial charge in [-0.3, -0.25) is 14.7 Å². The Bertz CT molecular complexity index is 651. The lowest BCUT2D eigenvalue weighted by Gasteiger charge is -2.27. The highest BCUT2D eigenvalue weighted by Crippen LogP contribution is 2.33. The molecule has 0 bridgehead atoms. The number of nitrogens with zero attached hydrogens (tertiary/aromatic N) is 3. The van der Waals surface area contributed by atoms with Gasteiger partial charge in [-0.15, -0.1) is 0 Å². The molecule has 27 heavy (non-hydrogen) atoms. The fourth-order valence-corrected chi connectivity index (χ4v) is 4.38. The van der Waals surface area contributed by atoms with Crippen molar-refractivity contribution in [1.29, 1.82) is 0 Å². The number of nitrogens with one attached hydrogen (secondary N) is 2. The van der Waals surface area contributed by atoms with Crippen LogP contribution in [-0.4, -0.2) is 44.5 Å². The van der Waals surface area contributed by atoms with Crippen LogP contribution in [0.2, 0.25) is 0 Å². The second kappa shape index (κ2) is 8.85.